The Morgan fingerprint density at radius 2 is 1.46 bits per heavy atom. The monoisotopic (exact) mass is 321 g/mol. The van der Waals surface area contributed by atoms with E-state index >= 15 is 0 Å². The molecule has 1 saturated carbocycles. The fraction of sp³-hybridized carbons (Fsp3) is 0.211. The van der Waals surface area contributed by atoms with Crippen LogP contribution < -0.4 is 0 Å². The number of amides is 2. The molecule has 2 aliphatic rings. The number of nitrogens with zero attached hydrogens (tertiary/aromatic N) is 1. The second-order valence-corrected chi connectivity index (χ2v) is 6.18. The molecule has 5 heteroatoms. The number of carbonyl (C=O) groups is 3. The number of benzene rings is 2. The van der Waals surface area contributed by atoms with Crippen LogP contribution in [0.3, 0.4) is 0 Å². The number of rotatable bonds is 3. The Kier molecular flexibility index (Phi) is 3.23. The third-order valence-corrected chi connectivity index (χ3v) is 4.77. The molecule has 0 saturated heterocycles. The average Bonchev–Trinajstić information content (AvgIpc) is 3.24. The van der Waals surface area contributed by atoms with Crippen LogP contribution in [0.25, 0.3) is 0 Å². The van der Waals surface area contributed by atoms with Gasteiger partial charge in [0.25, 0.3) is 11.8 Å². The standard InChI is InChI=1S/C19H15NO4/c1-11-15(12-7-3-2-4-8-12)16(11)19(23)24-20-17(21)13-9-5-6-10-14(13)18(20)22/h2-11,15-16H,1H3. The Hall–Kier alpha value is -2.95. The van der Waals surface area contributed by atoms with Crippen molar-refractivity contribution in [1.82, 2.24) is 5.06 Å². The predicted octanol–water partition coefficient (Wildman–Crippen LogP) is 2.79. The van der Waals surface area contributed by atoms with Gasteiger partial charge in [-0.25, -0.2) is 4.79 Å². The van der Waals surface area contributed by atoms with Gasteiger partial charge in [0.1, 0.15) is 0 Å². The smallest absolute Gasteiger partial charge is 0.329 e. The molecule has 24 heavy (non-hydrogen) atoms. The highest BCUT2D eigenvalue weighted by atomic mass is 16.7. The molecule has 1 aliphatic heterocycles. The maximum Gasteiger partial charge on any atom is 0.337 e. The molecule has 2 amide bonds. The summed E-state index contributed by atoms with van der Waals surface area (Å²) in [5.41, 5.74) is 1.59. The van der Waals surface area contributed by atoms with Crippen LogP contribution in [0.5, 0.6) is 0 Å². The third kappa shape index (κ3) is 2.12. The van der Waals surface area contributed by atoms with Crippen molar-refractivity contribution in [3.05, 3.63) is 71.3 Å². The van der Waals surface area contributed by atoms with Gasteiger partial charge in [-0.15, -0.1) is 0 Å². The Labute approximate surface area is 138 Å². The number of hydroxylamine groups is 2. The molecule has 0 bridgehead atoms. The summed E-state index contributed by atoms with van der Waals surface area (Å²) in [6.45, 7) is 1.96. The summed E-state index contributed by atoms with van der Waals surface area (Å²) in [6, 6.07) is 16.1. The molecule has 1 aliphatic carbocycles. The van der Waals surface area contributed by atoms with E-state index in [0.717, 1.165) is 5.56 Å². The van der Waals surface area contributed by atoms with Crippen molar-refractivity contribution in [1.29, 1.82) is 0 Å². The molecule has 4 rings (SSSR count). The Morgan fingerprint density at radius 1 is 0.917 bits per heavy atom. The first-order chi connectivity index (χ1) is 11.6. The van der Waals surface area contributed by atoms with Gasteiger partial charge in [0.15, 0.2) is 0 Å². The van der Waals surface area contributed by atoms with Crippen LogP contribution in [0.2, 0.25) is 0 Å². The van der Waals surface area contributed by atoms with Crippen molar-refractivity contribution in [2.45, 2.75) is 12.8 Å². The zero-order valence-corrected chi connectivity index (χ0v) is 13.0. The van der Waals surface area contributed by atoms with Gasteiger partial charge in [-0.3, -0.25) is 9.59 Å². The van der Waals surface area contributed by atoms with E-state index < -0.39 is 17.8 Å². The molecule has 2 aromatic carbocycles. The topological polar surface area (TPSA) is 63.7 Å². The molecule has 120 valence electrons. The molecule has 0 aromatic heterocycles. The van der Waals surface area contributed by atoms with Crippen molar-refractivity contribution < 1.29 is 19.2 Å². The first-order valence-electron chi connectivity index (χ1n) is 7.84. The summed E-state index contributed by atoms with van der Waals surface area (Å²) >= 11 is 0. The van der Waals surface area contributed by atoms with Crippen molar-refractivity contribution in [2.24, 2.45) is 11.8 Å². The zero-order valence-electron chi connectivity index (χ0n) is 13.0. The van der Waals surface area contributed by atoms with Crippen LogP contribution in [0, 0.1) is 11.8 Å². The molecule has 5 nitrogen and oxygen atoms in total. The fourth-order valence-corrected chi connectivity index (χ4v) is 3.41. The lowest BCUT2D eigenvalue weighted by molar-refractivity contribution is -0.170. The summed E-state index contributed by atoms with van der Waals surface area (Å²) in [5.74, 6) is -1.87. The van der Waals surface area contributed by atoms with Gasteiger partial charge in [-0.1, -0.05) is 54.5 Å². The highest BCUT2D eigenvalue weighted by Crippen LogP contribution is 2.54. The molecule has 1 heterocycles. The van der Waals surface area contributed by atoms with Crippen molar-refractivity contribution in [3.63, 3.8) is 0 Å². The van der Waals surface area contributed by atoms with E-state index in [9.17, 15) is 14.4 Å². The van der Waals surface area contributed by atoms with Crippen LogP contribution in [0.4, 0.5) is 0 Å². The first kappa shape index (κ1) is 14.6. The van der Waals surface area contributed by atoms with E-state index in [1.165, 1.54) is 0 Å². The molecule has 1 fully saturated rings. The number of hydrogen-bond donors (Lipinski definition) is 0. The Morgan fingerprint density at radius 3 is 2.04 bits per heavy atom. The molecular weight excluding hydrogens is 306 g/mol. The van der Waals surface area contributed by atoms with Gasteiger partial charge in [-0.2, -0.15) is 0 Å². The summed E-state index contributed by atoms with van der Waals surface area (Å²) in [4.78, 5) is 42.1. The van der Waals surface area contributed by atoms with E-state index in [1.54, 1.807) is 24.3 Å². The van der Waals surface area contributed by atoms with Crippen LogP contribution in [0.1, 0.15) is 39.1 Å². The number of hydrogen-bond acceptors (Lipinski definition) is 4. The summed E-state index contributed by atoms with van der Waals surface area (Å²) in [5, 5.41) is 0.583. The lowest BCUT2D eigenvalue weighted by atomic mass is 10.1. The maximum atomic E-state index is 12.4. The lowest BCUT2D eigenvalue weighted by Gasteiger charge is -2.12. The second-order valence-electron chi connectivity index (χ2n) is 6.18. The molecule has 0 spiro atoms. The van der Waals surface area contributed by atoms with E-state index in [4.69, 9.17) is 4.84 Å². The summed E-state index contributed by atoms with van der Waals surface area (Å²) in [7, 11) is 0. The van der Waals surface area contributed by atoms with Crippen LogP contribution in [0.15, 0.2) is 54.6 Å². The van der Waals surface area contributed by atoms with Crippen molar-refractivity contribution in [2.75, 3.05) is 0 Å². The fourth-order valence-electron chi connectivity index (χ4n) is 3.41. The summed E-state index contributed by atoms with van der Waals surface area (Å²) < 4.78 is 0. The third-order valence-electron chi connectivity index (χ3n) is 4.77. The Bertz CT molecular complexity index is 810. The first-order valence-corrected chi connectivity index (χ1v) is 7.84. The molecule has 3 atom stereocenters. The van der Waals surface area contributed by atoms with Gasteiger partial charge >= 0.3 is 5.97 Å². The number of fused-ring (bicyclic) bond motifs is 1. The highest BCUT2D eigenvalue weighted by Gasteiger charge is 2.55. The number of imide groups is 1. The van der Waals surface area contributed by atoms with E-state index in [2.05, 4.69) is 0 Å². The van der Waals surface area contributed by atoms with Gasteiger partial charge in [-0.05, 0) is 23.6 Å². The summed E-state index contributed by atoms with van der Waals surface area (Å²) in [6.07, 6.45) is 0. The molecule has 0 N–H and O–H groups in total. The van der Waals surface area contributed by atoms with E-state index in [1.807, 2.05) is 37.3 Å². The average molecular weight is 321 g/mol. The quantitative estimate of drug-likeness (QED) is 0.816. The van der Waals surface area contributed by atoms with Gasteiger partial charge in [0.2, 0.25) is 0 Å². The lowest BCUT2D eigenvalue weighted by Crippen LogP contribution is -2.33. The largest absolute Gasteiger partial charge is 0.337 e. The van der Waals surface area contributed by atoms with Crippen LogP contribution in [-0.4, -0.2) is 22.8 Å². The van der Waals surface area contributed by atoms with E-state index in [0.29, 0.717) is 5.06 Å². The van der Waals surface area contributed by atoms with Crippen LogP contribution in [-0.2, 0) is 9.63 Å². The highest BCUT2D eigenvalue weighted by molar-refractivity contribution is 6.20. The van der Waals surface area contributed by atoms with E-state index in [-0.39, 0.29) is 28.9 Å². The second kappa shape index (κ2) is 5.30. The minimum absolute atomic E-state index is 0.0638. The van der Waals surface area contributed by atoms with Crippen LogP contribution >= 0.6 is 0 Å². The van der Waals surface area contributed by atoms with Gasteiger partial charge in [0, 0.05) is 5.92 Å². The van der Waals surface area contributed by atoms with Gasteiger partial charge in [0.05, 0.1) is 17.0 Å². The maximum absolute atomic E-state index is 12.4. The zero-order chi connectivity index (χ0) is 16.8. The minimum atomic E-state index is -0.589. The molecule has 2 aromatic rings. The molecular formula is C19H15NO4. The normalized spacial score (nSPS) is 24.7. The minimum Gasteiger partial charge on any atom is -0.329 e. The Balaban J connectivity index is 1.50. The van der Waals surface area contributed by atoms with Crippen molar-refractivity contribution >= 4 is 17.8 Å². The van der Waals surface area contributed by atoms with Gasteiger partial charge < -0.3 is 4.84 Å². The molecule has 0 radical (unpaired) electrons. The molecule has 3 unspecified atom stereocenters. The predicted molar refractivity (Wildman–Crippen MR) is 84.9 cm³/mol. The van der Waals surface area contributed by atoms with Crippen molar-refractivity contribution in [3.8, 4) is 0 Å². The number of carbonyl (C=O) groups excluding carboxylic acids is 3. The SMILES string of the molecule is CC1C(C(=O)ON2C(=O)c3ccccc3C2=O)C1c1ccccc1.